The summed E-state index contributed by atoms with van der Waals surface area (Å²) in [5, 5.41) is 4.10. The predicted molar refractivity (Wildman–Crippen MR) is 50.0 cm³/mol. The highest BCUT2D eigenvalue weighted by Gasteiger charge is 1.93. The van der Waals surface area contributed by atoms with Gasteiger partial charge in [-0.05, 0) is 0 Å². The molecule has 0 saturated carbocycles. The minimum absolute atomic E-state index is 0.378. The van der Waals surface area contributed by atoms with E-state index in [0.717, 1.165) is 12.1 Å². The first kappa shape index (κ1) is 9.78. The minimum Gasteiger partial charge on any atom is -0.383 e. The number of ether oxygens (including phenoxy) is 1. The standard InChI is InChI=1S/C9H13N3O/c1-13-6-5-12-8-9(7-11-12)3-2-4-10/h7-8H,4-6,10H2,1H3. The quantitative estimate of drug-likeness (QED) is 0.656. The Balaban J connectivity index is 2.53. The molecule has 1 heterocycles. The zero-order valence-corrected chi connectivity index (χ0v) is 7.66. The molecule has 4 nitrogen and oxygen atoms in total. The van der Waals surface area contributed by atoms with Crippen molar-refractivity contribution in [3.05, 3.63) is 18.0 Å². The molecule has 0 unspecified atom stereocenters. The second kappa shape index (κ2) is 5.36. The highest BCUT2D eigenvalue weighted by Crippen LogP contribution is 1.94. The molecular formula is C9H13N3O. The normalized spacial score (nSPS) is 9.38. The minimum atomic E-state index is 0.378. The van der Waals surface area contributed by atoms with E-state index in [9.17, 15) is 0 Å². The second-order valence-corrected chi connectivity index (χ2v) is 2.49. The lowest BCUT2D eigenvalue weighted by Crippen LogP contribution is -2.03. The fourth-order valence-corrected chi connectivity index (χ4v) is 0.888. The van der Waals surface area contributed by atoms with Gasteiger partial charge in [-0.2, -0.15) is 5.10 Å². The summed E-state index contributed by atoms with van der Waals surface area (Å²) in [6, 6.07) is 0. The van der Waals surface area contributed by atoms with Gasteiger partial charge in [0, 0.05) is 13.3 Å². The van der Waals surface area contributed by atoms with E-state index < -0.39 is 0 Å². The van der Waals surface area contributed by atoms with Crippen LogP contribution in [0.2, 0.25) is 0 Å². The van der Waals surface area contributed by atoms with Gasteiger partial charge >= 0.3 is 0 Å². The zero-order valence-electron chi connectivity index (χ0n) is 7.66. The summed E-state index contributed by atoms with van der Waals surface area (Å²) in [6.07, 6.45) is 3.60. The molecule has 13 heavy (non-hydrogen) atoms. The van der Waals surface area contributed by atoms with Crippen molar-refractivity contribution in [2.75, 3.05) is 20.3 Å². The lowest BCUT2D eigenvalue weighted by molar-refractivity contribution is 0.183. The van der Waals surface area contributed by atoms with Gasteiger partial charge in [0.15, 0.2) is 0 Å². The number of nitrogens with two attached hydrogens (primary N) is 1. The van der Waals surface area contributed by atoms with E-state index in [1.54, 1.807) is 18.0 Å². The molecule has 0 amide bonds. The van der Waals surface area contributed by atoms with Crippen LogP contribution in [0.1, 0.15) is 5.56 Å². The summed E-state index contributed by atoms with van der Waals surface area (Å²) in [7, 11) is 1.67. The summed E-state index contributed by atoms with van der Waals surface area (Å²) < 4.78 is 6.71. The van der Waals surface area contributed by atoms with Gasteiger partial charge in [0.2, 0.25) is 0 Å². The van der Waals surface area contributed by atoms with Crippen molar-refractivity contribution >= 4 is 0 Å². The van der Waals surface area contributed by atoms with E-state index in [1.165, 1.54) is 0 Å². The molecule has 0 aliphatic carbocycles. The summed E-state index contributed by atoms with van der Waals surface area (Å²) in [5.74, 6) is 5.67. The van der Waals surface area contributed by atoms with Crippen LogP contribution in [0, 0.1) is 11.8 Å². The van der Waals surface area contributed by atoms with Gasteiger partial charge in [-0.25, -0.2) is 0 Å². The first-order chi connectivity index (χ1) is 6.36. The fourth-order valence-electron chi connectivity index (χ4n) is 0.888. The molecule has 1 aromatic heterocycles. The van der Waals surface area contributed by atoms with Crippen LogP contribution in [0.15, 0.2) is 12.4 Å². The average molecular weight is 179 g/mol. The number of nitrogens with zero attached hydrogens (tertiary/aromatic N) is 2. The van der Waals surface area contributed by atoms with Crippen LogP contribution in [0.5, 0.6) is 0 Å². The molecule has 0 spiro atoms. The molecule has 0 aliphatic heterocycles. The van der Waals surface area contributed by atoms with Crippen LogP contribution in [0.25, 0.3) is 0 Å². The van der Waals surface area contributed by atoms with Crippen LogP contribution in [0.3, 0.4) is 0 Å². The van der Waals surface area contributed by atoms with Crippen molar-refractivity contribution < 1.29 is 4.74 Å². The molecule has 0 aromatic carbocycles. The summed E-state index contributed by atoms with van der Waals surface area (Å²) in [4.78, 5) is 0. The SMILES string of the molecule is COCCn1cc(C#CCN)cn1. The van der Waals surface area contributed by atoms with Gasteiger partial charge in [-0.15, -0.1) is 0 Å². The lowest BCUT2D eigenvalue weighted by Gasteiger charge is -1.97. The van der Waals surface area contributed by atoms with E-state index in [0.29, 0.717) is 13.2 Å². The number of hydrogen-bond donors (Lipinski definition) is 1. The molecule has 0 bridgehead atoms. The van der Waals surface area contributed by atoms with Crippen molar-refractivity contribution in [2.24, 2.45) is 5.73 Å². The molecule has 1 aromatic rings. The monoisotopic (exact) mass is 179 g/mol. The highest BCUT2D eigenvalue weighted by atomic mass is 16.5. The third-order valence-corrected chi connectivity index (χ3v) is 1.49. The lowest BCUT2D eigenvalue weighted by atomic mass is 10.4. The van der Waals surface area contributed by atoms with E-state index in [2.05, 4.69) is 16.9 Å². The fraction of sp³-hybridized carbons (Fsp3) is 0.444. The van der Waals surface area contributed by atoms with E-state index in [-0.39, 0.29) is 0 Å². The third-order valence-electron chi connectivity index (χ3n) is 1.49. The van der Waals surface area contributed by atoms with E-state index in [4.69, 9.17) is 10.5 Å². The topological polar surface area (TPSA) is 53.1 Å². The van der Waals surface area contributed by atoms with Crippen molar-refractivity contribution in [2.45, 2.75) is 6.54 Å². The van der Waals surface area contributed by atoms with Crippen LogP contribution in [-0.4, -0.2) is 30.0 Å². The molecule has 0 saturated heterocycles. The van der Waals surface area contributed by atoms with Crippen molar-refractivity contribution in [3.63, 3.8) is 0 Å². The van der Waals surface area contributed by atoms with Gasteiger partial charge in [-0.1, -0.05) is 11.8 Å². The molecule has 0 radical (unpaired) electrons. The van der Waals surface area contributed by atoms with Crippen LogP contribution in [-0.2, 0) is 11.3 Å². The zero-order chi connectivity index (χ0) is 9.52. The Hall–Kier alpha value is -1.31. The Morgan fingerprint density at radius 2 is 2.54 bits per heavy atom. The second-order valence-electron chi connectivity index (χ2n) is 2.49. The first-order valence-electron chi connectivity index (χ1n) is 4.07. The largest absolute Gasteiger partial charge is 0.383 e. The smallest absolute Gasteiger partial charge is 0.0658 e. The van der Waals surface area contributed by atoms with Crippen LogP contribution >= 0.6 is 0 Å². The molecule has 1 rings (SSSR count). The van der Waals surface area contributed by atoms with Crippen LogP contribution < -0.4 is 5.73 Å². The maximum atomic E-state index is 5.24. The number of aromatic nitrogens is 2. The Morgan fingerprint density at radius 3 is 3.23 bits per heavy atom. The molecule has 0 atom stereocenters. The van der Waals surface area contributed by atoms with Crippen molar-refractivity contribution in [1.82, 2.24) is 9.78 Å². The summed E-state index contributed by atoms with van der Waals surface area (Å²) in [5.41, 5.74) is 6.13. The molecule has 0 fully saturated rings. The van der Waals surface area contributed by atoms with Gasteiger partial charge in [0.25, 0.3) is 0 Å². The van der Waals surface area contributed by atoms with Crippen molar-refractivity contribution in [3.8, 4) is 11.8 Å². The summed E-state index contributed by atoms with van der Waals surface area (Å²) >= 11 is 0. The third kappa shape index (κ3) is 3.28. The molecule has 2 N–H and O–H groups in total. The predicted octanol–water partition coefficient (Wildman–Crippen LogP) is -0.160. The maximum Gasteiger partial charge on any atom is 0.0658 e. The van der Waals surface area contributed by atoms with Crippen molar-refractivity contribution in [1.29, 1.82) is 0 Å². The molecule has 70 valence electrons. The first-order valence-corrected chi connectivity index (χ1v) is 4.07. The van der Waals surface area contributed by atoms with E-state index >= 15 is 0 Å². The number of rotatable bonds is 3. The molecular weight excluding hydrogens is 166 g/mol. The molecule has 0 aliphatic rings. The van der Waals surface area contributed by atoms with Gasteiger partial charge in [-0.3, -0.25) is 4.68 Å². The summed E-state index contributed by atoms with van der Waals surface area (Å²) in [6.45, 7) is 1.79. The maximum absolute atomic E-state index is 5.24. The van der Waals surface area contributed by atoms with E-state index in [1.807, 2.05) is 6.20 Å². The Morgan fingerprint density at radius 1 is 1.69 bits per heavy atom. The number of methoxy groups -OCH3 is 1. The highest BCUT2D eigenvalue weighted by molar-refractivity contribution is 5.29. The van der Waals surface area contributed by atoms with Gasteiger partial charge < -0.3 is 10.5 Å². The van der Waals surface area contributed by atoms with Gasteiger partial charge in [0.1, 0.15) is 0 Å². The number of hydrogen-bond acceptors (Lipinski definition) is 3. The Labute approximate surface area is 77.7 Å². The molecule has 4 heteroatoms. The average Bonchev–Trinajstić information content (AvgIpc) is 2.59. The van der Waals surface area contributed by atoms with Crippen LogP contribution in [0.4, 0.5) is 0 Å². The Bertz CT molecular complexity index is 308. The van der Waals surface area contributed by atoms with Gasteiger partial charge in [0.05, 0.1) is 31.5 Å². The Kier molecular flexibility index (Phi) is 4.03.